The number of hydrogen-bond acceptors (Lipinski definition) is 7. The molecule has 0 radical (unpaired) electrons. The van der Waals surface area contributed by atoms with Crippen LogP contribution in [0.2, 0.25) is 0 Å². The highest BCUT2D eigenvalue weighted by atomic mass is 32.1. The van der Waals surface area contributed by atoms with E-state index < -0.39 is 4.92 Å². The van der Waals surface area contributed by atoms with Crippen molar-refractivity contribution in [2.75, 3.05) is 12.1 Å². The fourth-order valence-corrected chi connectivity index (χ4v) is 4.36. The van der Waals surface area contributed by atoms with Gasteiger partial charge in [-0.25, -0.2) is 4.98 Å². The molecule has 0 saturated carbocycles. The van der Waals surface area contributed by atoms with Crippen molar-refractivity contribution in [3.05, 3.63) is 68.7 Å². The molecule has 4 rings (SSSR count). The summed E-state index contributed by atoms with van der Waals surface area (Å²) in [5.74, 6) is 1.54. The Balaban J connectivity index is 1.60. The lowest BCUT2D eigenvalue weighted by molar-refractivity contribution is -0.384. The first-order chi connectivity index (χ1) is 13.8. The maximum absolute atomic E-state index is 10.8. The number of non-ortho nitro benzene ring substituents is 1. The topological polar surface area (TPSA) is 86.5 Å². The van der Waals surface area contributed by atoms with Crippen molar-refractivity contribution in [2.45, 2.75) is 32.6 Å². The fraction of sp³-hybridized carbons (Fsp3) is 0.286. The highest BCUT2D eigenvalue weighted by Gasteiger charge is 2.24. The normalized spacial score (nSPS) is 12.8. The second kappa shape index (κ2) is 7.36. The Hall–Kier alpha value is -3.13. The van der Waals surface area contributed by atoms with E-state index in [2.05, 4.69) is 26.1 Å². The molecule has 1 aliphatic rings. The summed E-state index contributed by atoms with van der Waals surface area (Å²) in [4.78, 5) is 16.4. The molecule has 1 N–H and O–H groups in total. The molecule has 0 saturated heterocycles. The molecule has 0 amide bonds. The van der Waals surface area contributed by atoms with Gasteiger partial charge in [0.1, 0.15) is 0 Å². The average Bonchev–Trinajstić information content (AvgIpc) is 3.28. The third-order valence-electron chi connectivity index (χ3n) is 4.54. The van der Waals surface area contributed by atoms with Crippen LogP contribution >= 0.6 is 11.3 Å². The Morgan fingerprint density at radius 3 is 2.55 bits per heavy atom. The Morgan fingerprint density at radius 1 is 1.14 bits per heavy atom. The SMILES string of the molecule is CC(C)(C)c1nc(Nc2ccc([N+](=O)[O-])cc2)sc1Cc1ccc2c(c1)OCO2. The number of thiazole rings is 1. The van der Waals surface area contributed by atoms with Gasteiger partial charge in [0, 0.05) is 34.5 Å². The van der Waals surface area contributed by atoms with Gasteiger partial charge in [0.05, 0.1) is 10.6 Å². The van der Waals surface area contributed by atoms with Crippen molar-refractivity contribution in [2.24, 2.45) is 0 Å². The van der Waals surface area contributed by atoms with E-state index in [4.69, 9.17) is 14.5 Å². The zero-order valence-electron chi connectivity index (χ0n) is 16.4. The molecule has 3 aromatic rings. The highest BCUT2D eigenvalue weighted by molar-refractivity contribution is 7.15. The molecule has 150 valence electrons. The maximum Gasteiger partial charge on any atom is 0.269 e. The van der Waals surface area contributed by atoms with Crippen molar-refractivity contribution < 1.29 is 14.4 Å². The smallest absolute Gasteiger partial charge is 0.269 e. The van der Waals surface area contributed by atoms with Gasteiger partial charge < -0.3 is 14.8 Å². The molecule has 0 atom stereocenters. The summed E-state index contributed by atoms with van der Waals surface area (Å²) in [7, 11) is 0. The average molecular weight is 411 g/mol. The van der Waals surface area contributed by atoms with E-state index in [1.807, 2.05) is 18.2 Å². The molecule has 0 bridgehead atoms. The van der Waals surface area contributed by atoms with Crippen molar-refractivity contribution in [1.82, 2.24) is 4.98 Å². The van der Waals surface area contributed by atoms with Crippen LogP contribution in [0.5, 0.6) is 11.5 Å². The van der Waals surface area contributed by atoms with E-state index in [1.165, 1.54) is 17.0 Å². The van der Waals surface area contributed by atoms with Crippen molar-refractivity contribution in [3.63, 3.8) is 0 Å². The van der Waals surface area contributed by atoms with Gasteiger partial charge in [0.25, 0.3) is 5.69 Å². The number of nitro groups is 1. The largest absolute Gasteiger partial charge is 0.454 e. The standard InChI is InChI=1S/C21H21N3O4S/c1-21(2,3)19-18(11-13-4-9-16-17(10-13)28-12-27-16)29-20(23-19)22-14-5-7-15(8-6-14)24(25)26/h4-10H,11-12H2,1-3H3,(H,22,23). The minimum Gasteiger partial charge on any atom is -0.454 e. The second-order valence-electron chi connectivity index (χ2n) is 7.83. The van der Waals surface area contributed by atoms with E-state index in [0.29, 0.717) is 0 Å². The van der Waals surface area contributed by atoms with Crippen LogP contribution in [0.25, 0.3) is 0 Å². The van der Waals surface area contributed by atoms with Crippen LogP contribution in [0.15, 0.2) is 42.5 Å². The summed E-state index contributed by atoms with van der Waals surface area (Å²) in [5, 5.41) is 14.9. The predicted molar refractivity (Wildman–Crippen MR) is 113 cm³/mol. The minimum absolute atomic E-state index is 0.0635. The molecular weight excluding hydrogens is 390 g/mol. The molecule has 2 aromatic carbocycles. The fourth-order valence-electron chi connectivity index (χ4n) is 3.14. The number of aromatic nitrogens is 1. The molecule has 7 nitrogen and oxygen atoms in total. The first-order valence-corrected chi connectivity index (χ1v) is 10.0. The molecular formula is C21H21N3O4S. The third-order valence-corrected chi connectivity index (χ3v) is 5.51. The maximum atomic E-state index is 10.8. The number of nitrogens with zero attached hydrogens (tertiary/aromatic N) is 2. The van der Waals surface area contributed by atoms with E-state index in [9.17, 15) is 10.1 Å². The molecule has 0 spiro atoms. The van der Waals surface area contributed by atoms with E-state index in [0.717, 1.165) is 40.0 Å². The van der Waals surface area contributed by atoms with Crippen LogP contribution in [0.4, 0.5) is 16.5 Å². The summed E-state index contributed by atoms with van der Waals surface area (Å²) in [6, 6.07) is 12.3. The van der Waals surface area contributed by atoms with E-state index >= 15 is 0 Å². The van der Waals surface area contributed by atoms with Crippen molar-refractivity contribution >= 4 is 27.8 Å². The third kappa shape index (κ3) is 4.17. The molecule has 0 aliphatic carbocycles. The zero-order chi connectivity index (χ0) is 20.6. The van der Waals surface area contributed by atoms with Gasteiger partial charge in [-0.05, 0) is 29.8 Å². The molecule has 8 heteroatoms. The molecule has 1 aliphatic heterocycles. The van der Waals surface area contributed by atoms with Crippen LogP contribution in [-0.4, -0.2) is 16.7 Å². The Kier molecular flexibility index (Phi) is 4.87. The first kappa shape index (κ1) is 19.2. The molecule has 0 fully saturated rings. The number of anilines is 2. The van der Waals surface area contributed by atoms with E-state index in [1.54, 1.807) is 23.5 Å². The number of nitro benzene ring substituents is 1. The molecule has 29 heavy (non-hydrogen) atoms. The van der Waals surface area contributed by atoms with Gasteiger partial charge in [0.15, 0.2) is 16.6 Å². The summed E-state index contributed by atoms with van der Waals surface area (Å²) in [6.07, 6.45) is 0.739. The van der Waals surface area contributed by atoms with Crippen molar-refractivity contribution in [1.29, 1.82) is 0 Å². The van der Waals surface area contributed by atoms with Crippen LogP contribution < -0.4 is 14.8 Å². The summed E-state index contributed by atoms with van der Waals surface area (Å²) in [6.45, 7) is 6.68. The molecule has 1 aromatic heterocycles. The van der Waals surface area contributed by atoms with Gasteiger partial charge >= 0.3 is 0 Å². The van der Waals surface area contributed by atoms with Crippen LogP contribution in [0, 0.1) is 10.1 Å². The summed E-state index contributed by atoms with van der Waals surface area (Å²) >= 11 is 1.59. The Labute approximate surface area is 172 Å². The molecule has 2 heterocycles. The number of benzene rings is 2. The first-order valence-electron chi connectivity index (χ1n) is 9.20. The second-order valence-corrected chi connectivity index (χ2v) is 8.92. The minimum atomic E-state index is -0.408. The number of hydrogen-bond donors (Lipinski definition) is 1. The lowest BCUT2D eigenvalue weighted by atomic mass is 9.90. The zero-order valence-corrected chi connectivity index (χ0v) is 17.2. The lowest BCUT2D eigenvalue weighted by Gasteiger charge is -2.17. The van der Waals surface area contributed by atoms with Gasteiger partial charge in [-0.1, -0.05) is 26.8 Å². The summed E-state index contributed by atoms with van der Waals surface area (Å²) in [5.41, 5.74) is 2.88. The monoisotopic (exact) mass is 411 g/mol. The quantitative estimate of drug-likeness (QED) is 0.446. The number of fused-ring (bicyclic) bond motifs is 1. The number of ether oxygens (including phenoxy) is 2. The number of rotatable bonds is 5. The van der Waals surface area contributed by atoms with Crippen LogP contribution in [-0.2, 0) is 11.8 Å². The van der Waals surface area contributed by atoms with Gasteiger partial charge in [0.2, 0.25) is 6.79 Å². The van der Waals surface area contributed by atoms with Crippen LogP contribution in [0.3, 0.4) is 0 Å². The van der Waals surface area contributed by atoms with Gasteiger partial charge in [-0.3, -0.25) is 10.1 Å². The predicted octanol–water partition coefficient (Wildman–Crippen LogP) is 5.41. The van der Waals surface area contributed by atoms with Gasteiger partial charge in [-0.2, -0.15) is 0 Å². The van der Waals surface area contributed by atoms with Crippen LogP contribution in [0.1, 0.15) is 36.9 Å². The Bertz CT molecular complexity index is 1050. The van der Waals surface area contributed by atoms with E-state index in [-0.39, 0.29) is 17.9 Å². The number of nitrogens with one attached hydrogen (secondary N) is 1. The van der Waals surface area contributed by atoms with Gasteiger partial charge in [-0.15, -0.1) is 11.3 Å². The summed E-state index contributed by atoms with van der Waals surface area (Å²) < 4.78 is 10.9. The molecule has 0 unspecified atom stereocenters. The highest BCUT2D eigenvalue weighted by Crippen LogP contribution is 2.37. The lowest BCUT2D eigenvalue weighted by Crippen LogP contribution is -2.14. The Morgan fingerprint density at radius 2 is 1.86 bits per heavy atom. The van der Waals surface area contributed by atoms with Crippen molar-refractivity contribution in [3.8, 4) is 11.5 Å².